The largest absolute Gasteiger partial charge is 0.388 e. The van der Waals surface area contributed by atoms with Crippen LogP contribution in [0.25, 0.3) is 0 Å². The SMILES string of the molecule is CCC(O)c1cccc(S(=O)(=O)NCC2(OC)CCC2)c1. The van der Waals surface area contributed by atoms with Crippen molar-refractivity contribution in [1.29, 1.82) is 0 Å². The van der Waals surface area contributed by atoms with Crippen LogP contribution in [-0.4, -0.2) is 32.8 Å². The predicted octanol–water partition coefficient (Wildman–Crippen LogP) is 1.98. The van der Waals surface area contributed by atoms with Crippen LogP contribution in [0.5, 0.6) is 0 Å². The molecule has 1 aromatic carbocycles. The molecule has 1 atom stereocenters. The highest BCUT2D eigenvalue weighted by Crippen LogP contribution is 2.34. The molecule has 0 radical (unpaired) electrons. The molecule has 6 heteroatoms. The standard InChI is InChI=1S/C15H23NO4S/c1-3-14(17)12-6-4-7-13(10-12)21(18,19)16-11-15(20-2)8-5-9-15/h4,6-7,10,14,16-17H,3,5,8-9,11H2,1-2H3. The molecule has 0 bridgehead atoms. The summed E-state index contributed by atoms with van der Waals surface area (Å²) in [7, 11) is -1.97. The van der Waals surface area contributed by atoms with E-state index < -0.39 is 16.1 Å². The zero-order valence-corrected chi connectivity index (χ0v) is 13.3. The first-order chi connectivity index (χ1) is 9.92. The van der Waals surface area contributed by atoms with Crippen molar-refractivity contribution in [3.63, 3.8) is 0 Å². The molecule has 1 unspecified atom stereocenters. The second-order valence-electron chi connectivity index (χ2n) is 5.56. The Hall–Kier alpha value is -0.950. The Morgan fingerprint density at radius 2 is 2.14 bits per heavy atom. The number of benzene rings is 1. The van der Waals surface area contributed by atoms with Gasteiger partial charge in [-0.2, -0.15) is 0 Å². The third kappa shape index (κ3) is 3.63. The highest BCUT2D eigenvalue weighted by molar-refractivity contribution is 7.89. The first-order valence-corrected chi connectivity index (χ1v) is 8.73. The van der Waals surface area contributed by atoms with Crippen LogP contribution in [0.2, 0.25) is 0 Å². The Labute approximate surface area is 126 Å². The maximum Gasteiger partial charge on any atom is 0.240 e. The maximum absolute atomic E-state index is 12.3. The van der Waals surface area contributed by atoms with Gasteiger partial charge in [-0.1, -0.05) is 19.1 Å². The van der Waals surface area contributed by atoms with Crippen LogP contribution in [-0.2, 0) is 14.8 Å². The van der Waals surface area contributed by atoms with E-state index in [4.69, 9.17) is 4.74 Å². The van der Waals surface area contributed by atoms with Crippen molar-refractivity contribution >= 4 is 10.0 Å². The molecule has 0 amide bonds. The number of nitrogens with one attached hydrogen (secondary N) is 1. The van der Waals surface area contributed by atoms with Crippen molar-refractivity contribution in [2.24, 2.45) is 0 Å². The summed E-state index contributed by atoms with van der Waals surface area (Å²) in [5.74, 6) is 0. The molecular formula is C15H23NO4S. The lowest BCUT2D eigenvalue weighted by Crippen LogP contribution is -2.49. The van der Waals surface area contributed by atoms with E-state index in [-0.39, 0.29) is 17.0 Å². The van der Waals surface area contributed by atoms with E-state index in [1.54, 1.807) is 19.2 Å². The van der Waals surface area contributed by atoms with Crippen molar-refractivity contribution in [3.05, 3.63) is 29.8 Å². The first kappa shape index (κ1) is 16.4. The maximum atomic E-state index is 12.3. The fraction of sp³-hybridized carbons (Fsp3) is 0.600. The third-order valence-corrected chi connectivity index (χ3v) is 5.62. The molecule has 0 saturated heterocycles. The predicted molar refractivity (Wildman–Crippen MR) is 80.5 cm³/mol. The number of sulfonamides is 1. The molecule has 2 rings (SSSR count). The molecular weight excluding hydrogens is 290 g/mol. The second-order valence-corrected chi connectivity index (χ2v) is 7.33. The Morgan fingerprint density at radius 1 is 1.43 bits per heavy atom. The summed E-state index contributed by atoms with van der Waals surface area (Å²) in [6.07, 6.45) is 2.72. The summed E-state index contributed by atoms with van der Waals surface area (Å²) in [5.41, 5.74) is 0.263. The fourth-order valence-electron chi connectivity index (χ4n) is 2.46. The number of methoxy groups -OCH3 is 1. The summed E-state index contributed by atoms with van der Waals surface area (Å²) < 4.78 is 32.7. The van der Waals surface area contributed by atoms with E-state index in [0.717, 1.165) is 19.3 Å². The molecule has 1 saturated carbocycles. The number of rotatable bonds is 7. The lowest BCUT2D eigenvalue weighted by atomic mass is 9.80. The Kier molecular flexibility index (Phi) is 5.03. The van der Waals surface area contributed by atoms with Gasteiger partial charge in [-0.05, 0) is 43.4 Å². The normalized spacial score (nSPS) is 19.0. The quantitative estimate of drug-likeness (QED) is 0.807. The van der Waals surface area contributed by atoms with Crippen LogP contribution in [0.4, 0.5) is 0 Å². The van der Waals surface area contributed by atoms with Gasteiger partial charge >= 0.3 is 0 Å². The molecule has 0 heterocycles. The molecule has 5 nitrogen and oxygen atoms in total. The van der Waals surface area contributed by atoms with E-state index in [2.05, 4.69) is 4.72 Å². The van der Waals surface area contributed by atoms with Gasteiger partial charge < -0.3 is 9.84 Å². The van der Waals surface area contributed by atoms with Crippen molar-refractivity contribution < 1.29 is 18.3 Å². The van der Waals surface area contributed by atoms with E-state index in [1.165, 1.54) is 12.1 Å². The molecule has 2 N–H and O–H groups in total. The van der Waals surface area contributed by atoms with E-state index in [1.807, 2.05) is 6.92 Å². The minimum atomic E-state index is -3.59. The molecule has 1 aliphatic rings. The molecule has 0 aromatic heterocycles. The van der Waals surface area contributed by atoms with Gasteiger partial charge in [-0.3, -0.25) is 0 Å². The molecule has 1 aliphatic carbocycles. The summed E-state index contributed by atoms with van der Waals surface area (Å²) in [6, 6.07) is 6.44. The van der Waals surface area contributed by atoms with Gasteiger partial charge in [0.2, 0.25) is 10.0 Å². The average Bonchev–Trinajstić information content (AvgIpc) is 2.46. The van der Waals surface area contributed by atoms with Crippen LogP contribution >= 0.6 is 0 Å². The average molecular weight is 313 g/mol. The van der Waals surface area contributed by atoms with Crippen LogP contribution in [0.1, 0.15) is 44.3 Å². The first-order valence-electron chi connectivity index (χ1n) is 7.25. The van der Waals surface area contributed by atoms with Gasteiger partial charge in [0.25, 0.3) is 0 Å². The smallest absolute Gasteiger partial charge is 0.240 e. The van der Waals surface area contributed by atoms with Crippen LogP contribution in [0.3, 0.4) is 0 Å². The monoisotopic (exact) mass is 313 g/mol. The van der Waals surface area contributed by atoms with Gasteiger partial charge in [-0.25, -0.2) is 13.1 Å². The summed E-state index contributed by atoms with van der Waals surface area (Å²) in [5, 5.41) is 9.83. The van der Waals surface area contributed by atoms with E-state index in [9.17, 15) is 13.5 Å². The van der Waals surface area contributed by atoms with Gasteiger partial charge in [-0.15, -0.1) is 0 Å². The molecule has 21 heavy (non-hydrogen) atoms. The number of aliphatic hydroxyl groups excluding tert-OH is 1. The highest BCUT2D eigenvalue weighted by Gasteiger charge is 2.38. The zero-order valence-electron chi connectivity index (χ0n) is 12.5. The van der Waals surface area contributed by atoms with Gasteiger partial charge in [0.05, 0.1) is 16.6 Å². The Morgan fingerprint density at radius 3 is 2.67 bits per heavy atom. The lowest BCUT2D eigenvalue weighted by molar-refractivity contribution is -0.0659. The minimum absolute atomic E-state index is 0.179. The van der Waals surface area contributed by atoms with Crippen LogP contribution < -0.4 is 4.72 Å². The van der Waals surface area contributed by atoms with E-state index in [0.29, 0.717) is 12.0 Å². The van der Waals surface area contributed by atoms with Crippen molar-refractivity contribution in [2.75, 3.05) is 13.7 Å². The molecule has 0 aliphatic heterocycles. The Balaban J connectivity index is 2.12. The molecule has 0 spiro atoms. The zero-order chi connectivity index (χ0) is 15.5. The third-order valence-electron chi connectivity index (χ3n) is 4.22. The second kappa shape index (κ2) is 6.44. The number of hydrogen-bond donors (Lipinski definition) is 2. The fourth-order valence-corrected chi connectivity index (χ4v) is 3.63. The molecule has 118 valence electrons. The summed E-state index contributed by atoms with van der Waals surface area (Å²) in [4.78, 5) is 0.179. The minimum Gasteiger partial charge on any atom is -0.388 e. The van der Waals surface area contributed by atoms with E-state index >= 15 is 0 Å². The lowest BCUT2D eigenvalue weighted by Gasteiger charge is -2.40. The molecule has 1 aromatic rings. The van der Waals surface area contributed by atoms with Crippen molar-refractivity contribution in [3.8, 4) is 0 Å². The van der Waals surface area contributed by atoms with Crippen LogP contribution in [0.15, 0.2) is 29.2 Å². The topological polar surface area (TPSA) is 75.6 Å². The number of hydrogen-bond acceptors (Lipinski definition) is 4. The van der Waals surface area contributed by atoms with Gasteiger partial charge in [0.15, 0.2) is 0 Å². The van der Waals surface area contributed by atoms with Gasteiger partial charge in [0, 0.05) is 13.7 Å². The summed E-state index contributed by atoms with van der Waals surface area (Å²) >= 11 is 0. The Bertz CT molecular complexity index is 576. The van der Waals surface area contributed by atoms with Crippen molar-refractivity contribution in [1.82, 2.24) is 4.72 Å². The highest BCUT2D eigenvalue weighted by atomic mass is 32.2. The van der Waals surface area contributed by atoms with Crippen LogP contribution in [0, 0.1) is 0 Å². The van der Waals surface area contributed by atoms with Crippen molar-refractivity contribution in [2.45, 2.75) is 49.2 Å². The number of ether oxygens (including phenoxy) is 1. The van der Waals surface area contributed by atoms with Gasteiger partial charge in [0.1, 0.15) is 0 Å². The summed E-state index contributed by atoms with van der Waals surface area (Å²) in [6.45, 7) is 2.13. The molecule has 1 fully saturated rings. The number of aliphatic hydroxyl groups is 1.